The average Bonchev–Trinajstić information content (AvgIpc) is 2.72. The Bertz CT molecular complexity index is 390. The van der Waals surface area contributed by atoms with E-state index in [-0.39, 0.29) is 11.4 Å². The van der Waals surface area contributed by atoms with Crippen molar-refractivity contribution in [3.63, 3.8) is 0 Å². The quantitative estimate of drug-likeness (QED) is 0.749. The van der Waals surface area contributed by atoms with Crippen molar-refractivity contribution < 1.29 is 9.53 Å². The molecular weight excluding hydrogens is 214 g/mol. The van der Waals surface area contributed by atoms with Gasteiger partial charge in [-0.15, -0.1) is 0 Å². The summed E-state index contributed by atoms with van der Waals surface area (Å²) in [5, 5.41) is 0. The summed E-state index contributed by atoms with van der Waals surface area (Å²) in [6, 6.07) is 10.4. The van der Waals surface area contributed by atoms with Gasteiger partial charge in [-0.2, -0.15) is 0 Å². The lowest BCUT2D eigenvalue weighted by Gasteiger charge is -2.21. The minimum Gasteiger partial charge on any atom is -0.469 e. The molecule has 0 bridgehead atoms. The Kier molecular flexibility index (Phi) is 3.48. The van der Waals surface area contributed by atoms with Crippen LogP contribution >= 0.6 is 0 Å². The molecule has 0 aliphatic carbocycles. The van der Waals surface area contributed by atoms with Crippen LogP contribution in [-0.2, 0) is 16.1 Å². The fourth-order valence-corrected chi connectivity index (χ4v) is 2.45. The van der Waals surface area contributed by atoms with E-state index in [1.807, 2.05) is 25.1 Å². The molecule has 1 unspecified atom stereocenters. The van der Waals surface area contributed by atoms with Gasteiger partial charge in [0, 0.05) is 13.1 Å². The fourth-order valence-electron chi connectivity index (χ4n) is 2.45. The van der Waals surface area contributed by atoms with Gasteiger partial charge in [0.15, 0.2) is 0 Å². The minimum atomic E-state index is -0.330. The van der Waals surface area contributed by atoms with E-state index in [9.17, 15) is 4.79 Å². The first-order chi connectivity index (χ1) is 8.14. The zero-order valence-corrected chi connectivity index (χ0v) is 10.5. The Hall–Kier alpha value is -1.35. The summed E-state index contributed by atoms with van der Waals surface area (Å²) < 4.78 is 4.87. The fraction of sp³-hybridized carbons (Fsp3) is 0.500. The lowest BCUT2D eigenvalue weighted by molar-refractivity contribution is -0.151. The number of rotatable bonds is 3. The van der Waals surface area contributed by atoms with Gasteiger partial charge in [0.2, 0.25) is 0 Å². The molecule has 0 aromatic heterocycles. The van der Waals surface area contributed by atoms with Crippen molar-refractivity contribution >= 4 is 5.97 Å². The molecule has 92 valence electrons. The van der Waals surface area contributed by atoms with Gasteiger partial charge in [0.1, 0.15) is 0 Å². The summed E-state index contributed by atoms with van der Waals surface area (Å²) in [5.41, 5.74) is 0.963. The van der Waals surface area contributed by atoms with E-state index in [2.05, 4.69) is 17.0 Å². The number of methoxy groups -OCH3 is 1. The van der Waals surface area contributed by atoms with E-state index in [0.717, 1.165) is 26.1 Å². The van der Waals surface area contributed by atoms with E-state index >= 15 is 0 Å². The van der Waals surface area contributed by atoms with Crippen LogP contribution in [0.3, 0.4) is 0 Å². The zero-order valence-electron chi connectivity index (χ0n) is 10.5. The van der Waals surface area contributed by atoms with Crippen molar-refractivity contribution in [2.75, 3.05) is 20.2 Å². The number of carbonyl (C=O) groups is 1. The first-order valence-corrected chi connectivity index (χ1v) is 5.99. The van der Waals surface area contributed by atoms with E-state index < -0.39 is 0 Å². The van der Waals surface area contributed by atoms with Crippen molar-refractivity contribution in [1.29, 1.82) is 0 Å². The molecule has 0 N–H and O–H groups in total. The molecule has 1 aromatic carbocycles. The third-order valence-corrected chi connectivity index (χ3v) is 3.48. The molecule has 3 heteroatoms. The summed E-state index contributed by atoms with van der Waals surface area (Å²) in [6.45, 7) is 4.65. The van der Waals surface area contributed by atoms with Crippen LogP contribution in [0.1, 0.15) is 18.9 Å². The average molecular weight is 233 g/mol. The topological polar surface area (TPSA) is 29.5 Å². The van der Waals surface area contributed by atoms with Crippen molar-refractivity contribution in [2.45, 2.75) is 19.9 Å². The van der Waals surface area contributed by atoms with Gasteiger partial charge in [-0.25, -0.2) is 0 Å². The monoisotopic (exact) mass is 233 g/mol. The van der Waals surface area contributed by atoms with Crippen molar-refractivity contribution in [3.05, 3.63) is 35.9 Å². The normalized spacial score (nSPS) is 24.8. The van der Waals surface area contributed by atoms with Crippen LogP contribution in [0.5, 0.6) is 0 Å². The molecule has 0 spiro atoms. The smallest absolute Gasteiger partial charge is 0.312 e. The highest BCUT2D eigenvalue weighted by molar-refractivity contribution is 5.76. The van der Waals surface area contributed by atoms with E-state index in [1.54, 1.807) is 0 Å². The lowest BCUT2D eigenvalue weighted by atomic mass is 9.90. The molecule has 3 nitrogen and oxygen atoms in total. The van der Waals surface area contributed by atoms with Gasteiger partial charge in [0.05, 0.1) is 12.5 Å². The molecule has 1 fully saturated rings. The first kappa shape index (κ1) is 12.1. The molecule has 1 aromatic rings. The van der Waals surface area contributed by atoms with Crippen LogP contribution in [0.25, 0.3) is 0 Å². The Morgan fingerprint density at radius 3 is 2.76 bits per heavy atom. The molecule has 1 saturated heterocycles. The van der Waals surface area contributed by atoms with Crippen molar-refractivity contribution in [1.82, 2.24) is 4.90 Å². The Labute approximate surface area is 102 Å². The lowest BCUT2D eigenvalue weighted by Crippen LogP contribution is -2.32. The first-order valence-electron chi connectivity index (χ1n) is 5.99. The molecule has 1 heterocycles. The van der Waals surface area contributed by atoms with Gasteiger partial charge >= 0.3 is 5.97 Å². The maximum absolute atomic E-state index is 11.7. The molecule has 0 radical (unpaired) electrons. The largest absolute Gasteiger partial charge is 0.469 e. The number of likely N-dealkylation sites (tertiary alicyclic amines) is 1. The van der Waals surface area contributed by atoms with Crippen LogP contribution in [0, 0.1) is 5.41 Å². The summed E-state index contributed by atoms with van der Waals surface area (Å²) in [6.07, 6.45) is 0.881. The number of ether oxygens (including phenoxy) is 1. The molecular formula is C14H19NO2. The number of hydrogen-bond donors (Lipinski definition) is 0. The van der Waals surface area contributed by atoms with Crippen LogP contribution in [0.15, 0.2) is 30.3 Å². The number of nitrogens with zero attached hydrogens (tertiary/aromatic N) is 1. The highest BCUT2D eigenvalue weighted by atomic mass is 16.5. The minimum absolute atomic E-state index is 0.0898. The summed E-state index contributed by atoms with van der Waals surface area (Å²) in [5.74, 6) is -0.0898. The number of hydrogen-bond acceptors (Lipinski definition) is 3. The van der Waals surface area contributed by atoms with Gasteiger partial charge < -0.3 is 4.74 Å². The molecule has 17 heavy (non-hydrogen) atoms. The maximum Gasteiger partial charge on any atom is 0.312 e. The third kappa shape index (κ3) is 2.67. The second-order valence-electron chi connectivity index (χ2n) is 5.00. The van der Waals surface area contributed by atoms with Crippen molar-refractivity contribution in [2.24, 2.45) is 5.41 Å². The molecule has 2 rings (SSSR count). The van der Waals surface area contributed by atoms with Crippen LogP contribution in [0.2, 0.25) is 0 Å². The van der Waals surface area contributed by atoms with Crippen LogP contribution in [-0.4, -0.2) is 31.1 Å². The van der Waals surface area contributed by atoms with Crippen molar-refractivity contribution in [3.8, 4) is 0 Å². The predicted octanol–water partition coefficient (Wildman–Crippen LogP) is 2.07. The third-order valence-electron chi connectivity index (χ3n) is 3.48. The number of carbonyl (C=O) groups excluding carboxylic acids is 1. The maximum atomic E-state index is 11.7. The van der Waals surface area contributed by atoms with Crippen LogP contribution in [0.4, 0.5) is 0 Å². The van der Waals surface area contributed by atoms with Crippen LogP contribution < -0.4 is 0 Å². The molecule has 1 aliphatic rings. The standard InChI is InChI=1S/C14H19NO2/c1-14(13(16)17-2)8-9-15(11-14)10-12-6-4-3-5-7-12/h3-7H,8-11H2,1-2H3. The Balaban J connectivity index is 1.97. The second kappa shape index (κ2) is 4.88. The van der Waals surface area contributed by atoms with Gasteiger partial charge in [0.25, 0.3) is 0 Å². The highest BCUT2D eigenvalue weighted by Gasteiger charge is 2.41. The highest BCUT2D eigenvalue weighted by Crippen LogP contribution is 2.31. The van der Waals surface area contributed by atoms with E-state index in [4.69, 9.17) is 4.74 Å². The Morgan fingerprint density at radius 1 is 1.41 bits per heavy atom. The van der Waals surface area contributed by atoms with Gasteiger partial charge in [-0.1, -0.05) is 30.3 Å². The summed E-state index contributed by atoms with van der Waals surface area (Å²) >= 11 is 0. The second-order valence-corrected chi connectivity index (χ2v) is 5.00. The Morgan fingerprint density at radius 2 is 2.12 bits per heavy atom. The van der Waals surface area contributed by atoms with E-state index in [1.165, 1.54) is 12.7 Å². The molecule has 0 amide bonds. The number of benzene rings is 1. The van der Waals surface area contributed by atoms with Gasteiger partial charge in [-0.05, 0) is 25.5 Å². The molecule has 1 atom stereocenters. The number of esters is 1. The zero-order chi connectivity index (χ0) is 12.3. The van der Waals surface area contributed by atoms with Gasteiger partial charge in [-0.3, -0.25) is 9.69 Å². The summed E-state index contributed by atoms with van der Waals surface area (Å²) in [4.78, 5) is 14.0. The predicted molar refractivity (Wildman–Crippen MR) is 66.5 cm³/mol. The molecule has 1 aliphatic heterocycles. The van der Waals surface area contributed by atoms with E-state index in [0.29, 0.717) is 0 Å². The molecule has 0 saturated carbocycles. The SMILES string of the molecule is COC(=O)C1(C)CCN(Cc2ccccc2)C1. The summed E-state index contributed by atoms with van der Waals surface area (Å²) in [7, 11) is 1.47.